The number of carbonyl (C=O) groups is 2. The highest BCUT2D eigenvalue weighted by Gasteiger charge is 2.16. The smallest absolute Gasteiger partial charge is 0.313 e. The first-order valence-corrected chi connectivity index (χ1v) is 7.53. The summed E-state index contributed by atoms with van der Waals surface area (Å²) in [6.07, 6.45) is 0. The molecule has 4 heteroatoms. The molecule has 2 aromatic rings. The van der Waals surface area contributed by atoms with E-state index < -0.39 is 0 Å². The van der Waals surface area contributed by atoms with Crippen LogP contribution < -0.4 is 0 Å². The highest BCUT2D eigenvalue weighted by Crippen LogP contribution is 2.23. The minimum absolute atomic E-state index is 0.0743. The van der Waals surface area contributed by atoms with Crippen LogP contribution >= 0.6 is 0 Å². The maximum atomic E-state index is 12.0. The summed E-state index contributed by atoms with van der Waals surface area (Å²) in [5.74, 6) is -1.08. The van der Waals surface area contributed by atoms with Crippen LogP contribution in [0.2, 0.25) is 0 Å². The highest BCUT2D eigenvalue weighted by molar-refractivity contribution is 5.78. The van der Waals surface area contributed by atoms with Gasteiger partial charge in [0.1, 0.15) is 13.2 Å². The zero-order chi connectivity index (χ0) is 16.7. The molecular formula is C19H20O4. The number of ether oxygens (including phenoxy) is 2. The second kappa shape index (κ2) is 8.13. The quantitative estimate of drug-likeness (QED) is 0.604. The third-order valence-electron chi connectivity index (χ3n) is 3.50. The van der Waals surface area contributed by atoms with Gasteiger partial charge in [-0.3, -0.25) is 9.59 Å². The van der Waals surface area contributed by atoms with Crippen molar-refractivity contribution in [2.75, 3.05) is 13.2 Å². The molecule has 1 atom stereocenters. The van der Waals surface area contributed by atoms with Crippen molar-refractivity contribution in [1.82, 2.24) is 0 Å². The third-order valence-corrected chi connectivity index (χ3v) is 3.50. The van der Waals surface area contributed by atoms with E-state index in [1.165, 1.54) is 6.92 Å². The van der Waals surface area contributed by atoms with Crippen molar-refractivity contribution in [3.63, 3.8) is 0 Å². The Morgan fingerprint density at radius 2 is 1.43 bits per heavy atom. The van der Waals surface area contributed by atoms with E-state index in [1.807, 2.05) is 54.6 Å². The Hall–Kier alpha value is -2.62. The van der Waals surface area contributed by atoms with Gasteiger partial charge < -0.3 is 9.47 Å². The first kappa shape index (κ1) is 16.7. The summed E-state index contributed by atoms with van der Waals surface area (Å²) in [7, 11) is 0. The predicted octanol–water partition coefficient (Wildman–Crippen LogP) is 3.56. The van der Waals surface area contributed by atoms with Crippen molar-refractivity contribution < 1.29 is 19.1 Å². The number of esters is 2. The zero-order valence-electron chi connectivity index (χ0n) is 13.3. The van der Waals surface area contributed by atoms with E-state index in [0.717, 1.165) is 16.7 Å². The standard InChI is InChI=1S/C19H20O4/c1-14(19(21)23-13-12-22-15(2)20)16-8-10-18(11-9-16)17-6-4-3-5-7-17/h3-11,14H,12-13H2,1-2H3. The molecule has 120 valence electrons. The van der Waals surface area contributed by atoms with Crippen molar-refractivity contribution in [3.05, 3.63) is 60.2 Å². The molecule has 0 saturated carbocycles. The minimum atomic E-state index is -0.384. The molecule has 0 heterocycles. The molecule has 0 amide bonds. The zero-order valence-corrected chi connectivity index (χ0v) is 13.3. The number of carbonyl (C=O) groups excluding carboxylic acids is 2. The monoisotopic (exact) mass is 312 g/mol. The fourth-order valence-electron chi connectivity index (χ4n) is 2.18. The van der Waals surface area contributed by atoms with Gasteiger partial charge in [0.05, 0.1) is 5.92 Å². The summed E-state index contributed by atoms with van der Waals surface area (Å²) < 4.78 is 9.83. The molecule has 0 radical (unpaired) electrons. The Morgan fingerprint density at radius 3 is 2.04 bits per heavy atom. The van der Waals surface area contributed by atoms with Crippen molar-refractivity contribution >= 4 is 11.9 Å². The van der Waals surface area contributed by atoms with Gasteiger partial charge in [0.25, 0.3) is 0 Å². The van der Waals surface area contributed by atoms with Crippen LogP contribution in [0.1, 0.15) is 25.3 Å². The van der Waals surface area contributed by atoms with E-state index in [-0.39, 0.29) is 31.1 Å². The van der Waals surface area contributed by atoms with E-state index in [9.17, 15) is 9.59 Å². The summed E-state index contributed by atoms with van der Waals surface area (Å²) >= 11 is 0. The van der Waals surface area contributed by atoms with Crippen LogP contribution in [-0.2, 0) is 19.1 Å². The number of hydrogen-bond acceptors (Lipinski definition) is 4. The van der Waals surface area contributed by atoms with Crippen molar-refractivity contribution in [1.29, 1.82) is 0 Å². The average molecular weight is 312 g/mol. The van der Waals surface area contributed by atoms with Crippen LogP contribution in [0.4, 0.5) is 0 Å². The number of hydrogen-bond donors (Lipinski definition) is 0. The van der Waals surface area contributed by atoms with E-state index in [1.54, 1.807) is 6.92 Å². The van der Waals surface area contributed by atoms with Crippen LogP contribution in [0.25, 0.3) is 11.1 Å². The lowest BCUT2D eigenvalue weighted by molar-refractivity contribution is -0.151. The van der Waals surface area contributed by atoms with Gasteiger partial charge in [-0.05, 0) is 23.6 Å². The Balaban J connectivity index is 1.93. The Labute approximate surface area is 136 Å². The van der Waals surface area contributed by atoms with Gasteiger partial charge in [0.2, 0.25) is 0 Å². The van der Waals surface area contributed by atoms with Crippen molar-refractivity contribution in [2.24, 2.45) is 0 Å². The Bertz CT molecular complexity index is 647. The van der Waals surface area contributed by atoms with Gasteiger partial charge in [-0.1, -0.05) is 54.6 Å². The maximum Gasteiger partial charge on any atom is 0.313 e. The maximum absolute atomic E-state index is 12.0. The summed E-state index contributed by atoms with van der Waals surface area (Å²) in [5, 5.41) is 0. The van der Waals surface area contributed by atoms with Crippen molar-refractivity contribution in [3.8, 4) is 11.1 Å². The first-order chi connectivity index (χ1) is 11.1. The van der Waals surface area contributed by atoms with E-state index >= 15 is 0 Å². The van der Waals surface area contributed by atoms with E-state index in [0.29, 0.717) is 0 Å². The molecule has 23 heavy (non-hydrogen) atoms. The summed E-state index contributed by atoms with van der Waals surface area (Å²) in [6.45, 7) is 3.27. The van der Waals surface area contributed by atoms with Crippen molar-refractivity contribution in [2.45, 2.75) is 19.8 Å². The van der Waals surface area contributed by atoms with Gasteiger partial charge in [-0.15, -0.1) is 0 Å². The topological polar surface area (TPSA) is 52.6 Å². The number of benzene rings is 2. The molecule has 0 spiro atoms. The molecule has 0 saturated heterocycles. The molecule has 1 unspecified atom stereocenters. The normalized spacial score (nSPS) is 11.6. The van der Waals surface area contributed by atoms with Crippen LogP contribution in [0.3, 0.4) is 0 Å². The van der Waals surface area contributed by atoms with Gasteiger partial charge in [0.15, 0.2) is 0 Å². The van der Waals surface area contributed by atoms with Crippen LogP contribution in [0.15, 0.2) is 54.6 Å². The van der Waals surface area contributed by atoms with Gasteiger partial charge in [-0.2, -0.15) is 0 Å². The SMILES string of the molecule is CC(=O)OCCOC(=O)C(C)c1ccc(-c2ccccc2)cc1. The fourth-order valence-corrected chi connectivity index (χ4v) is 2.18. The summed E-state index contributed by atoms with van der Waals surface area (Å²) in [6, 6.07) is 17.9. The molecule has 0 aliphatic carbocycles. The fraction of sp³-hybridized carbons (Fsp3) is 0.263. The van der Waals surface area contributed by atoms with Gasteiger partial charge in [-0.25, -0.2) is 0 Å². The lowest BCUT2D eigenvalue weighted by atomic mass is 9.97. The lowest BCUT2D eigenvalue weighted by Crippen LogP contribution is -2.17. The van der Waals surface area contributed by atoms with Crippen LogP contribution in [0.5, 0.6) is 0 Å². The molecule has 0 fully saturated rings. The molecule has 0 aliphatic heterocycles. The predicted molar refractivity (Wildman–Crippen MR) is 87.9 cm³/mol. The second-order valence-electron chi connectivity index (χ2n) is 5.22. The molecule has 0 bridgehead atoms. The van der Waals surface area contributed by atoms with Gasteiger partial charge in [0, 0.05) is 6.92 Å². The van der Waals surface area contributed by atoms with E-state index in [2.05, 4.69) is 0 Å². The Morgan fingerprint density at radius 1 is 0.870 bits per heavy atom. The average Bonchev–Trinajstić information content (AvgIpc) is 2.58. The summed E-state index contributed by atoms with van der Waals surface area (Å²) in [5.41, 5.74) is 3.13. The molecule has 0 N–H and O–H groups in total. The Kier molecular flexibility index (Phi) is 5.92. The molecule has 2 rings (SSSR count). The highest BCUT2D eigenvalue weighted by atomic mass is 16.6. The van der Waals surface area contributed by atoms with Crippen LogP contribution in [-0.4, -0.2) is 25.2 Å². The minimum Gasteiger partial charge on any atom is -0.462 e. The molecular weight excluding hydrogens is 292 g/mol. The first-order valence-electron chi connectivity index (χ1n) is 7.53. The molecule has 0 aromatic heterocycles. The third kappa shape index (κ3) is 4.95. The lowest BCUT2D eigenvalue weighted by Gasteiger charge is -2.12. The van der Waals surface area contributed by atoms with Crippen LogP contribution in [0, 0.1) is 0 Å². The number of rotatable bonds is 6. The second-order valence-corrected chi connectivity index (χ2v) is 5.22. The largest absolute Gasteiger partial charge is 0.462 e. The molecule has 4 nitrogen and oxygen atoms in total. The molecule has 2 aromatic carbocycles. The summed E-state index contributed by atoms with van der Waals surface area (Å²) in [4.78, 5) is 22.6. The van der Waals surface area contributed by atoms with Gasteiger partial charge >= 0.3 is 11.9 Å². The molecule has 0 aliphatic rings. The van der Waals surface area contributed by atoms with E-state index in [4.69, 9.17) is 9.47 Å².